The molecule has 2 fully saturated rings. The normalized spacial score (nSPS) is 33.3. The van der Waals surface area contributed by atoms with Crippen LogP contribution in [-0.2, 0) is 6.18 Å². The molecule has 1 aromatic rings. The quantitative estimate of drug-likeness (QED) is 0.465. The van der Waals surface area contributed by atoms with Crippen molar-refractivity contribution in [3.05, 3.63) is 33.5 Å². The highest BCUT2D eigenvalue weighted by Gasteiger charge is 2.35. The Labute approximate surface area is 158 Å². The first-order valence-corrected chi connectivity index (χ1v) is 11.2. The molecule has 26 heavy (non-hydrogen) atoms. The predicted molar refractivity (Wildman–Crippen MR) is 101 cm³/mol. The lowest BCUT2D eigenvalue weighted by atomic mass is 9.68. The van der Waals surface area contributed by atoms with Crippen molar-refractivity contribution >= 4 is 11.3 Å². The van der Waals surface area contributed by atoms with E-state index in [0.29, 0.717) is 5.92 Å². The third kappa shape index (κ3) is 4.05. The van der Waals surface area contributed by atoms with Gasteiger partial charge in [-0.1, -0.05) is 11.6 Å². The van der Waals surface area contributed by atoms with Gasteiger partial charge in [0.15, 0.2) is 0 Å². The summed E-state index contributed by atoms with van der Waals surface area (Å²) in [4.78, 5) is 0.516. The zero-order valence-electron chi connectivity index (χ0n) is 15.4. The third-order valence-corrected chi connectivity index (χ3v) is 8.41. The van der Waals surface area contributed by atoms with E-state index >= 15 is 0 Å². The Balaban J connectivity index is 1.27. The van der Waals surface area contributed by atoms with Gasteiger partial charge in [-0.05, 0) is 106 Å². The van der Waals surface area contributed by atoms with Gasteiger partial charge >= 0.3 is 6.18 Å². The van der Waals surface area contributed by atoms with Crippen LogP contribution in [0.2, 0.25) is 0 Å². The van der Waals surface area contributed by atoms with Gasteiger partial charge in [-0.25, -0.2) is 0 Å². The third-order valence-electron chi connectivity index (χ3n) is 7.12. The Hall–Kier alpha value is -0.770. The van der Waals surface area contributed by atoms with Gasteiger partial charge in [0.25, 0.3) is 0 Å². The first-order chi connectivity index (χ1) is 12.5. The molecule has 4 heteroatoms. The van der Waals surface area contributed by atoms with E-state index in [2.05, 4.69) is 6.08 Å². The van der Waals surface area contributed by atoms with Crippen LogP contribution in [0.5, 0.6) is 0 Å². The number of halogens is 3. The molecular weight excluding hydrogens is 353 g/mol. The van der Waals surface area contributed by atoms with E-state index in [1.807, 2.05) is 0 Å². The maximum atomic E-state index is 12.8. The predicted octanol–water partition coefficient (Wildman–Crippen LogP) is 7.96. The average molecular weight is 383 g/mol. The molecule has 0 radical (unpaired) electrons. The van der Waals surface area contributed by atoms with Crippen LogP contribution in [0.15, 0.2) is 23.8 Å². The summed E-state index contributed by atoms with van der Waals surface area (Å²) in [5.41, 5.74) is 1.74. The van der Waals surface area contributed by atoms with Crippen LogP contribution in [0, 0.1) is 17.8 Å². The second-order valence-corrected chi connectivity index (χ2v) is 9.71. The molecule has 1 aromatic heterocycles. The summed E-state index contributed by atoms with van der Waals surface area (Å²) in [5.74, 6) is 2.89. The molecule has 0 amide bonds. The fraction of sp³-hybridized carbons (Fsp3) is 0.727. The molecule has 0 unspecified atom stereocenters. The lowest BCUT2D eigenvalue weighted by molar-refractivity contribution is -0.134. The van der Waals surface area contributed by atoms with E-state index in [9.17, 15) is 13.2 Å². The van der Waals surface area contributed by atoms with E-state index in [0.717, 1.165) is 46.8 Å². The van der Waals surface area contributed by atoms with Gasteiger partial charge in [-0.15, -0.1) is 11.3 Å². The Morgan fingerprint density at radius 3 is 1.92 bits per heavy atom. The van der Waals surface area contributed by atoms with Crippen molar-refractivity contribution in [2.75, 3.05) is 0 Å². The molecule has 144 valence electrons. The zero-order chi connectivity index (χ0) is 18.1. The number of hydrogen-bond donors (Lipinski definition) is 0. The molecule has 0 aromatic carbocycles. The fourth-order valence-corrected chi connectivity index (χ4v) is 6.67. The number of rotatable bonds is 3. The number of allylic oxidation sites excluding steroid dienone is 2. The Morgan fingerprint density at radius 1 is 0.808 bits per heavy atom. The molecule has 0 N–H and O–H groups in total. The van der Waals surface area contributed by atoms with Crippen LogP contribution in [0.3, 0.4) is 0 Å². The van der Waals surface area contributed by atoms with Gasteiger partial charge in [0.1, 0.15) is 4.88 Å². The average Bonchev–Trinajstić information content (AvgIpc) is 3.34. The smallest absolute Gasteiger partial charge is 0.165 e. The SMILES string of the molecule is FC(F)(F)c1ccc(C2CCC(C3CCC(C4=CCCC4)CC3)CC2)s1. The number of alkyl halides is 3. The molecule has 2 saturated carbocycles. The minimum absolute atomic E-state index is 0.354. The van der Waals surface area contributed by atoms with Gasteiger partial charge in [0, 0.05) is 4.88 Å². The summed E-state index contributed by atoms with van der Waals surface area (Å²) >= 11 is 0.966. The van der Waals surface area contributed by atoms with Crippen molar-refractivity contribution in [2.45, 2.75) is 82.7 Å². The highest BCUT2D eigenvalue weighted by Crippen LogP contribution is 2.47. The van der Waals surface area contributed by atoms with Crippen LogP contribution in [0.1, 0.15) is 86.3 Å². The van der Waals surface area contributed by atoms with Crippen LogP contribution in [0.25, 0.3) is 0 Å². The second kappa shape index (κ2) is 7.69. The van der Waals surface area contributed by atoms with E-state index in [4.69, 9.17) is 0 Å². The topological polar surface area (TPSA) is 0 Å². The van der Waals surface area contributed by atoms with Gasteiger partial charge in [-0.3, -0.25) is 0 Å². The van der Waals surface area contributed by atoms with Crippen LogP contribution in [0.4, 0.5) is 13.2 Å². The minimum atomic E-state index is -4.19. The van der Waals surface area contributed by atoms with Crippen molar-refractivity contribution in [3.63, 3.8) is 0 Å². The summed E-state index contributed by atoms with van der Waals surface area (Å²) in [6, 6.07) is 2.99. The first kappa shape index (κ1) is 18.6. The van der Waals surface area contributed by atoms with Gasteiger partial charge < -0.3 is 0 Å². The maximum Gasteiger partial charge on any atom is 0.425 e. The van der Waals surface area contributed by atoms with Crippen LogP contribution >= 0.6 is 11.3 Å². The monoisotopic (exact) mass is 382 g/mol. The zero-order valence-corrected chi connectivity index (χ0v) is 16.2. The standard InChI is InChI=1S/C22H29F3S/c23-22(24,25)21-14-13-20(26-21)19-11-9-18(10-12-19)17-7-5-16(6-8-17)15-3-1-2-4-15/h3,13-14,16-19H,1-2,4-12H2. The van der Waals surface area contributed by atoms with Crippen LogP contribution < -0.4 is 0 Å². The minimum Gasteiger partial charge on any atom is -0.165 e. The van der Waals surface area contributed by atoms with Crippen molar-refractivity contribution in [1.29, 1.82) is 0 Å². The molecule has 4 rings (SSSR count). The van der Waals surface area contributed by atoms with Crippen LogP contribution in [-0.4, -0.2) is 0 Å². The summed E-state index contributed by atoms with van der Waals surface area (Å²) in [6.45, 7) is 0. The van der Waals surface area contributed by atoms with Crippen molar-refractivity contribution < 1.29 is 13.2 Å². The van der Waals surface area contributed by atoms with E-state index in [1.54, 1.807) is 11.6 Å². The lowest BCUT2D eigenvalue weighted by Gasteiger charge is -2.38. The summed E-state index contributed by atoms with van der Waals surface area (Å²) in [5, 5.41) is 0. The molecule has 1 heterocycles. The summed E-state index contributed by atoms with van der Waals surface area (Å²) in [7, 11) is 0. The molecule has 3 aliphatic carbocycles. The molecule has 0 spiro atoms. The Bertz CT molecular complexity index is 626. The van der Waals surface area contributed by atoms with Crippen molar-refractivity contribution in [2.24, 2.45) is 17.8 Å². The highest BCUT2D eigenvalue weighted by atomic mass is 32.1. The van der Waals surface area contributed by atoms with Gasteiger partial charge in [-0.2, -0.15) is 13.2 Å². The highest BCUT2D eigenvalue weighted by molar-refractivity contribution is 7.12. The maximum absolute atomic E-state index is 12.8. The Kier molecular flexibility index (Phi) is 5.50. The fourth-order valence-electron chi connectivity index (χ4n) is 5.63. The lowest BCUT2D eigenvalue weighted by Crippen LogP contribution is -2.25. The first-order valence-electron chi connectivity index (χ1n) is 10.4. The van der Waals surface area contributed by atoms with E-state index < -0.39 is 11.1 Å². The van der Waals surface area contributed by atoms with Crippen molar-refractivity contribution in [1.82, 2.24) is 0 Å². The van der Waals surface area contributed by atoms with Crippen molar-refractivity contribution in [3.8, 4) is 0 Å². The number of hydrogen-bond acceptors (Lipinski definition) is 1. The number of thiophene rings is 1. The molecule has 0 atom stereocenters. The molecule has 0 saturated heterocycles. The van der Waals surface area contributed by atoms with E-state index in [1.165, 1.54) is 63.9 Å². The van der Waals surface area contributed by atoms with E-state index in [-0.39, 0.29) is 0 Å². The summed E-state index contributed by atoms with van der Waals surface area (Å²) in [6.07, 6.45) is 12.3. The van der Waals surface area contributed by atoms with Gasteiger partial charge in [0.05, 0.1) is 0 Å². The molecule has 3 aliphatic rings. The van der Waals surface area contributed by atoms with Gasteiger partial charge in [0.2, 0.25) is 0 Å². The molecule has 0 aliphatic heterocycles. The summed E-state index contributed by atoms with van der Waals surface area (Å²) < 4.78 is 38.5. The Morgan fingerprint density at radius 2 is 1.42 bits per heavy atom. The molecule has 0 bridgehead atoms. The molecular formula is C22H29F3S. The second-order valence-electron chi connectivity index (χ2n) is 8.59. The molecule has 0 nitrogen and oxygen atoms in total. The largest absolute Gasteiger partial charge is 0.425 e.